The van der Waals surface area contributed by atoms with E-state index >= 15 is 0 Å². The average Bonchev–Trinajstić information content (AvgIpc) is 3.36. The summed E-state index contributed by atoms with van der Waals surface area (Å²) in [5.41, 5.74) is 1.21. The van der Waals surface area contributed by atoms with E-state index in [9.17, 15) is 9.90 Å². The number of nitrogens with one attached hydrogen (secondary N) is 2. The first-order valence-corrected chi connectivity index (χ1v) is 9.84. The minimum atomic E-state index is -0.470. The number of fused-ring (bicyclic) bond motifs is 1. The van der Waals surface area contributed by atoms with Gasteiger partial charge in [-0.2, -0.15) is 9.61 Å². The van der Waals surface area contributed by atoms with Gasteiger partial charge in [-0.15, -0.1) is 0 Å². The summed E-state index contributed by atoms with van der Waals surface area (Å²) in [6, 6.07) is 2.67. The van der Waals surface area contributed by atoms with E-state index < -0.39 is 5.69 Å². The van der Waals surface area contributed by atoms with Crippen LogP contribution in [-0.4, -0.2) is 62.0 Å². The van der Waals surface area contributed by atoms with Crippen LogP contribution < -0.4 is 21.3 Å². The Hall–Kier alpha value is -3.14. The molecule has 0 atom stereocenters. The molecule has 1 saturated heterocycles. The molecule has 10 heteroatoms. The number of hydrogen-bond donors (Lipinski definition) is 3. The minimum absolute atomic E-state index is 0.215. The maximum atomic E-state index is 11.4. The SMILES string of the molecule is CN(c1cc(=NC2CC2)n2ncc(=Cc3[nH]c(=O)[nH]c3O)c2n1)C1CCOCC1. The molecule has 10 nitrogen and oxygen atoms in total. The highest BCUT2D eigenvalue weighted by Crippen LogP contribution is 2.23. The van der Waals surface area contributed by atoms with Crippen molar-refractivity contribution in [2.24, 2.45) is 4.99 Å². The Morgan fingerprint density at radius 3 is 2.79 bits per heavy atom. The number of ether oxygens (including phenoxy) is 1. The van der Waals surface area contributed by atoms with Gasteiger partial charge in [-0.3, -0.25) is 9.98 Å². The molecular formula is C19H23N7O3. The molecule has 3 aromatic rings. The summed E-state index contributed by atoms with van der Waals surface area (Å²) < 4.78 is 7.20. The molecule has 0 bridgehead atoms. The lowest BCUT2D eigenvalue weighted by Gasteiger charge is -2.32. The highest BCUT2D eigenvalue weighted by molar-refractivity contribution is 5.58. The zero-order valence-corrected chi connectivity index (χ0v) is 16.1. The van der Waals surface area contributed by atoms with Gasteiger partial charge in [0.15, 0.2) is 11.1 Å². The monoisotopic (exact) mass is 397 g/mol. The predicted molar refractivity (Wildman–Crippen MR) is 106 cm³/mol. The van der Waals surface area contributed by atoms with Crippen molar-refractivity contribution in [3.63, 3.8) is 0 Å². The molecule has 3 aromatic heterocycles. The van der Waals surface area contributed by atoms with Crippen LogP contribution in [0.1, 0.15) is 31.4 Å². The quantitative estimate of drug-likeness (QED) is 0.554. The molecule has 152 valence electrons. The van der Waals surface area contributed by atoms with Gasteiger partial charge in [-0.05, 0) is 31.8 Å². The van der Waals surface area contributed by atoms with Gasteiger partial charge in [0.1, 0.15) is 11.5 Å². The van der Waals surface area contributed by atoms with Gasteiger partial charge in [0.25, 0.3) is 0 Å². The van der Waals surface area contributed by atoms with Crippen molar-refractivity contribution in [2.45, 2.75) is 37.8 Å². The third-order valence-electron chi connectivity index (χ3n) is 5.46. The van der Waals surface area contributed by atoms with Crippen molar-refractivity contribution < 1.29 is 9.84 Å². The minimum Gasteiger partial charge on any atom is -0.493 e. The fraction of sp³-hybridized carbons (Fsp3) is 0.474. The fourth-order valence-corrected chi connectivity index (χ4v) is 3.62. The van der Waals surface area contributed by atoms with Crippen LogP contribution in [0, 0.1) is 0 Å². The maximum Gasteiger partial charge on any atom is 0.326 e. The molecule has 0 aromatic carbocycles. The van der Waals surface area contributed by atoms with Crippen LogP contribution in [0.3, 0.4) is 0 Å². The fourth-order valence-electron chi connectivity index (χ4n) is 3.62. The van der Waals surface area contributed by atoms with Crippen molar-refractivity contribution in [3.05, 3.63) is 39.1 Å². The standard InChI is InChI=1S/C19H23N7O3/c1-25(13-4-6-29-7-5-13)15-9-16(21-12-2-3-12)26-17(23-15)11(10-20-26)8-14-18(27)24-19(28)22-14/h8-10,12-13,27H,2-7H2,1H3,(H2,22,24,28). The molecule has 1 aliphatic carbocycles. The Morgan fingerprint density at radius 1 is 1.31 bits per heavy atom. The van der Waals surface area contributed by atoms with Crippen molar-refractivity contribution in [1.82, 2.24) is 24.6 Å². The number of nitrogens with zero attached hydrogens (tertiary/aromatic N) is 5. The van der Waals surface area contributed by atoms with Crippen molar-refractivity contribution in [2.75, 3.05) is 25.2 Å². The van der Waals surface area contributed by atoms with E-state index in [1.165, 1.54) is 0 Å². The second-order valence-electron chi connectivity index (χ2n) is 7.61. The predicted octanol–water partition coefficient (Wildman–Crippen LogP) is -0.323. The van der Waals surface area contributed by atoms with E-state index in [0.29, 0.717) is 22.9 Å². The number of H-pyrrole nitrogens is 2. The van der Waals surface area contributed by atoms with Crippen LogP contribution >= 0.6 is 0 Å². The number of aromatic amines is 2. The van der Waals surface area contributed by atoms with Gasteiger partial charge >= 0.3 is 5.69 Å². The van der Waals surface area contributed by atoms with Gasteiger partial charge < -0.3 is 19.7 Å². The third-order valence-corrected chi connectivity index (χ3v) is 5.46. The molecule has 29 heavy (non-hydrogen) atoms. The number of aromatic nitrogens is 5. The first-order chi connectivity index (χ1) is 14.1. The first-order valence-electron chi connectivity index (χ1n) is 9.84. The summed E-state index contributed by atoms with van der Waals surface area (Å²) in [5.74, 6) is 0.610. The van der Waals surface area contributed by atoms with Gasteiger partial charge in [-0.1, -0.05) is 0 Å². The lowest BCUT2D eigenvalue weighted by Crippen LogP contribution is -2.38. The summed E-state index contributed by atoms with van der Waals surface area (Å²) >= 11 is 0. The second kappa shape index (κ2) is 7.03. The normalized spacial score (nSPS) is 19.3. The maximum absolute atomic E-state index is 11.4. The summed E-state index contributed by atoms with van der Waals surface area (Å²) in [4.78, 5) is 28.2. The zero-order chi connectivity index (χ0) is 20.0. The lowest BCUT2D eigenvalue weighted by atomic mass is 10.1. The van der Waals surface area contributed by atoms with Crippen LogP contribution in [0.15, 0.2) is 22.1 Å². The van der Waals surface area contributed by atoms with E-state index in [0.717, 1.165) is 50.2 Å². The van der Waals surface area contributed by atoms with Crippen LogP contribution in [0.5, 0.6) is 5.88 Å². The molecular weight excluding hydrogens is 374 g/mol. The third kappa shape index (κ3) is 3.51. The van der Waals surface area contributed by atoms with Gasteiger partial charge in [-0.25, -0.2) is 9.78 Å². The molecule has 2 aliphatic rings. The van der Waals surface area contributed by atoms with E-state index in [4.69, 9.17) is 14.7 Å². The van der Waals surface area contributed by atoms with Crippen LogP contribution in [0.25, 0.3) is 11.7 Å². The van der Waals surface area contributed by atoms with Gasteiger partial charge in [0.2, 0.25) is 5.88 Å². The topological polar surface area (TPSA) is 124 Å². The zero-order valence-electron chi connectivity index (χ0n) is 16.1. The number of imidazole rings is 1. The molecule has 0 unspecified atom stereocenters. The molecule has 0 amide bonds. The summed E-state index contributed by atoms with van der Waals surface area (Å²) in [6.45, 7) is 1.50. The second-order valence-corrected chi connectivity index (χ2v) is 7.61. The number of hydrogen-bond acceptors (Lipinski definition) is 7. The Bertz CT molecular complexity index is 1210. The Morgan fingerprint density at radius 2 is 2.10 bits per heavy atom. The largest absolute Gasteiger partial charge is 0.493 e. The molecule has 3 N–H and O–H groups in total. The molecule has 2 fully saturated rings. The Labute approximate surface area is 165 Å². The van der Waals surface area contributed by atoms with Crippen LogP contribution in [-0.2, 0) is 4.74 Å². The molecule has 5 rings (SSSR count). The Balaban J connectivity index is 1.66. The van der Waals surface area contributed by atoms with Crippen molar-refractivity contribution in [1.29, 1.82) is 0 Å². The smallest absolute Gasteiger partial charge is 0.326 e. The number of anilines is 1. The summed E-state index contributed by atoms with van der Waals surface area (Å²) in [7, 11) is 2.05. The van der Waals surface area contributed by atoms with Gasteiger partial charge in [0, 0.05) is 37.6 Å². The summed E-state index contributed by atoms with van der Waals surface area (Å²) in [6.07, 6.45) is 7.41. The van der Waals surface area contributed by atoms with E-state index in [1.54, 1.807) is 16.8 Å². The van der Waals surface area contributed by atoms with Crippen molar-refractivity contribution in [3.8, 4) is 5.88 Å². The molecule has 0 radical (unpaired) electrons. The average molecular weight is 397 g/mol. The lowest BCUT2D eigenvalue weighted by molar-refractivity contribution is 0.0853. The highest BCUT2D eigenvalue weighted by Gasteiger charge is 2.23. The van der Waals surface area contributed by atoms with Crippen LogP contribution in [0.2, 0.25) is 0 Å². The Kier molecular flexibility index (Phi) is 4.35. The van der Waals surface area contributed by atoms with Crippen molar-refractivity contribution >= 4 is 17.5 Å². The first kappa shape index (κ1) is 17.9. The highest BCUT2D eigenvalue weighted by atomic mass is 16.5. The number of aromatic hydroxyl groups is 1. The van der Waals surface area contributed by atoms with E-state index in [1.807, 2.05) is 13.1 Å². The molecule has 0 spiro atoms. The molecule has 1 aliphatic heterocycles. The molecule has 1 saturated carbocycles. The van der Waals surface area contributed by atoms with E-state index in [-0.39, 0.29) is 11.6 Å². The van der Waals surface area contributed by atoms with Gasteiger partial charge in [0.05, 0.1) is 12.2 Å². The summed E-state index contributed by atoms with van der Waals surface area (Å²) in [5, 5.41) is 15.0. The van der Waals surface area contributed by atoms with E-state index in [2.05, 4.69) is 20.0 Å². The molecule has 4 heterocycles. The number of rotatable bonds is 4. The van der Waals surface area contributed by atoms with Crippen LogP contribution in [0.4, 0.5) is 5.82 Å².